The van der Waals surface area contributed by atoms with Gasteiger partial charge in [-0.05, 0) is 29.7 Å². The zero-order valence-corrected chi connectivity index (χ0v) is 12.6. The minimum atomic E-state index is 0.463. The van der Waals surface area contributed by atoms with E-state index in [9.17, 15) is 0 Å². The van der Waals surface area contributed by atoms with Gasteiger partial charge in [0, 0.05) is 29.4 Å². The number of para-hydroxylation sites is 1. The Kier molecular flexibility index (Phi) is 2.93. The lowest BCUT2D eigenvalue weighted by molar-refractivity contribution is 0.669. The van der Waals surface area contributed by atoms with Crippen molar-refractivity contribution in [3.63, 3.8) is 0 Å². The second-order valence-corrected chi connectivity index (χ2v) is 5.79. The maximum absolute atomic E-state index is 6.06. The summed E-state index contributed by atoms with van der Waals surface area (Å²) in [6, 6.07) is 12.2. The van der Waals surface area contributed by atoms with Crippen molar-refractivity contribution >= 4 is 21.9 Å². The Bertz CT molecular complexity index is 969. The van der Waals surface area contributed by atoms with Crippen LogP contribution in [0.5, 0.6) is 0 Å². The molecular weight excluding hydrogens is 272 g/mol. The Balaban J connectivity index is 2.01. The fraction of sp³-hybridized carbons (Fsp3) is 0.158. The normalized spacial score (nSPS) is 11.6. The Morgan fingerprint density at radius 3 is 2.73 bits per heavy atom. The zero-order valence-electron chi connectivity index (χ0n) is 12.6. The molecule has 0 fully saturated rings. The first-order valence-corrected chi connectivity index (χ1v) is 7.45. The molecule has 108 valence electrons. The van der Waals surface area contributed by atoms with Crippen LogP contribution in [0.4, 0.5) is 0 Å². The second kappa shape index (κ2) is 4.95. The third kappa shape index (κ3) is 1.98. The van der Waals surface area contributed by atoms with Gasteiger partial charge in [0.2, 0.25) is 0 Å². The fourth-order valence-electron chi connectivity index (χ4n) is 2.77. The number of rotatable bonds is 2. The zero-order chi connectivity index (χ0) is 15.1. The summed E-state index contributed by atoms with van der Waals surface area (Å²) in [5, 5.41) is 2.12. The molecule has 0 spiro atoms. The van der Waals surface area contributed by atoms with Crippen molar-refractivity contribution < 1.29 is 4.42 Å². The molecule has 0 aliphatic carbocycles. The van der Waals surface area contributed by atoms with Crippen LogP contribution in [0.3, 0.4) is 0 Å². The third-order valence-corrected chi connectivity index (χ3v) is 4.01. The van der Waals surface area contributed by atoms with Crippen LogP contribution in [-0.4, -0.2) is 9.97 Å². The highest BCUT2D eigenvalue weighted by Crippen LogP contribution is 2.34. The van der Waals surface area contributed by atoms with Gasteiger partial charge in [-0.3, -0.25) is 9.97 Å². The van der Waals surface area contributed by atoms with Crippen molar-refractivity contribution in [1.29, 1.82) is 0 Å². The predicted octanol–water partition coefficient (Wildman–Crippen LogP) is 5.17. The van der Waals surface area contributed by atoms with Gasteiger partial charge in [0.15, 0.2) is 0 Å². The fourth-order valence-corrected chi connectivity index (χ4v) is 2.77. The van der Waals surface area contributed by atoms with Gasteiger partial charge in [-0.25, -0.2) is 0 Å². The van der Waals surface area contributed by atoms with Gasteiger partial charge in [-0.2, -0.15) is 0 Å². The van der Waals surface area contributed by atoms with Crippen molar-refractivity contribution in [2.45, 2.75) is 19.8 Å². The molecule has 0 aliphatic rings. The number of pyridine rings is 2. The molecule has 3 heteroatoms. The molecule has 22 heavy (non-hydrogen) atoms. The van der Waals surface area contributed by atoms with Gasteiger partial charge in [-0.15, -0.1) is 0 Å². The lowest BCUT2D eigenvalue weighted by Crippen LogP contribution is -1.91. The number of benzene rings is 1. The van der Waals surface area contributed by atoms with Gasteiger partial charge < -0.3 is 4.42 Å². The Morgan fingerprint density at radius 1 is 1.00 bits per heavy atom. The highest BCUT2D eigenvalue weighted by molar-refractivity contribution is 6.08. The first-order chi connectivity index (χ1) is 10.7. The smallest absolute Gasteiger partial charge is 0.147 e. The predicted molar refractivity (Wildman–Crippen MR) is 88.8 cm³/mol. The average molecular weight is 288 g/mol. The number of hydrogen-bond acceptors (Lipinski definition) is 3. The molecule has 0 aliphatic heterocycles. The van der Waals surface area contributed by atoms with E-state index in [4.69, 9.17) is 4.42 Å². The van der Waals surface area contributed by atoms with Gasteiger partial charge in [-0.1, -0.05) is 32.0 Å². The summed E-state index contributed by atoms with van der Waals surface area (Å²) < 4.78 is 6.06. The van der Waals surface area contributed by atoms with Crippen LogP contribution in [0.1, 0.15) is 25.3 Å². The number of aromatic nitrogens is 2. The van der Waals surface area contributed by atoms with E-state index in [0.29, 0.717) is 5.92 Å². The Morgan fingerprint density at radius 2 is 1.86 bits per heavy atom. The van der Waals surface area contributed by atoms with Crippen LogP contribution in [0.25, 0.3) is 33.2 Å². The van der Waals surface area contributed by atoms with Crippen LogP contribution in [0.15, 0.2) is 59.4 Å². The van der Waals surface area contributed by atoms with Crippen molar-refractivity contribution in [1.82, 2.24) is 9.97 Å². The highest BCUT2D eigenvalue weighted by Gasteiger charge is 2.13. The minimum absolute atomic E-state index is 0.463. The number of furan rings is 1. The Labute approximate surface area is 128 Å². The lowest BCUT2D eigenvalue weighted by atomic mass is 10.0. The summed E-state index contributed by atoms with van der Waals surface area (Å²) in [6.45, 7) is 4.36. The quantitative estimate of drug-likeness (QED) is 0.511. The molecule has 0 saturated carbocycles. The van der Waals surface area contributed by atoms with Crippen LogP contribution < -0.4 is 0 Å². The van der Waals surface area contributed by atoms with E-state index in [0.717, 1.165) is 33.2 Å². The summed E-state index contributed by atoms with van der Waals surface area (Å²) in [5.74, 6) is 0.463. The number of fused-ring (bicyclic) bond motifs is 3. The average Bonchev–Trinajstić information content (AvgIpc) is 2.93. The topological polar surface area (TPSA) is 38.9 Å². The van der Waals surface area contributed by atoms with Crippen molar-refractivity contribution in [2.24, 2.45) is 0 Å². The molecule has 4 aromatic rings. The first-order valence-electron chi connectivity index (χ1n) is 7.45. The molecule has 0 unspecified atom stereocenters. The minimum Gasteiger partial charge on any atom is -0.455 e. The summed E-state index contributed by atoms with van der Waals surface area (Å²) in [4.78, 5) is 8.90. The molecule has 4 rings (SSSR count). The van der Waals surface area contributed by atoms with Gasteiger partial charge in [0.1, 0.15) is 11.2 Å². The molecule has 0 amide bonds. The van der Waals surface area contributed by atoms with E-state index >= 15 is 0 Å². The molecular formula is C19H16N2O. The molecule has 0 saturated heterocycles. The largest absolute Gasteiger partial charge is 0.455 e. The highest BCUT2D eigenvalue weighted by atomic mass is 16.3. The summed E-state index contributed by atoms with van der Waals surface area (Å²) in [6.07, 6.45) is 5.54. The van der Waals surface area contributed by atoms with Crippen LogP contribution in [0, 0.1) is 0 Å². The van der Waals surface area contributed by atoms with Gasteiger partial charge in [0.25, 0.3) is 0 Å². The molecule has 3 nitrogen and oxygen atoms in total. The van der Waals surface area contributed by atoms with Crippen LogP contribution >= 0.6 is 0 Å². The van der Waals surface area contributed by atoms with Gasteiger partial charge >= 0.3 is 0 Å². The van der Waals surface area contributed by atoms with Crippen molar-refractivity contribution in [3.05, 3.63) is 60.6 Å². The lowest BCUT2D eigenvalue weighted by Gasteiger charge is -2.07. The first kappa shape index (κ1) is 13.0. The SMILES string of the molecule is CC(C)c1ccnc(-c2cncc3c2oc2ccccc23)c1. The third-order valence-electron chi connectivity index (χ3n) is 4.01. The number of nitrogens with zero attached hydrogens (tertiary/aromatic N) is 2. The van der Waals surface area contributed by atoms with Crippen LogP contribution in [0.2, 0.25) is 0 Å². The molecule has 3 aromatic heterocycles. The van der Waals surface area contributed by atoms with E-state index in [-0.39, 0.29) is 0 Å². The van der Waals surface area contributed by atoms with E-state index in [2.05, 4.69) is 42.0 Å². The van der Waals surface area contributed by atoms with E-state index < -0.39 is 0 Å². The summed E-state index contributed by atoms with van der Waals surface area (Å²) in [7, 11) is 0. The maximum atomic E-state index is 6.06. The van der Waals surface area contributed by atoms with E-state index in [1.54, 1.807) is 0 Å². The number of hydrogen-bond donors (Lipinski definition) is 0. The molecule has 0 radical (unpaired) electrons. The maximum Gasteiger partial charge on any atom is 0.147 e. The molecule has 0 N–H and O–H groups in total. The monoisotopic (exact) mass is 288 g/mol. The molecule has 3 heterocycles. The molecule has 0 bridgehead atoms. The van der Waals surface area contributed by atoms with E-state index in [1.165, 1.54) is 5.56 Å². The molecule has 1 aromatic carbocycles. The van der Waals surface area contributed by atoms with Crippen molar-refractivity contribution in [2.75, 3.05) is 0 Å². The van der Waals surface area contributed by atoms with Gasteiger partial charge in [0.05, 0.1) is 11.3 Å². The van der Waals surface area contributed by atoms with E-state index in [1.807, 2.05) is 36.8 Å². The second-order valence-electron chi connectivity index (χ2n) is 5.79. The Hall–Kier alpha value is -2.68. The molecule has 0 atom stereocenters. The van der Waals surface area contributed by atoms with Crippen LogP contribution in [-0.2, 0) is 0 Å². The van der Waals surface area contributed by atoms with Crippen molar-refractivity contribution in [3.8, 4) is 11.3 Å². The standard InChI is InChI=1S/C19H16N2O/c1-12(2)13-7-8-21-17(9-13)16-11-20-10-15-14-5-3-4-6-18(14)22-19(15)16/h3-12H,1-2H3. The summed E-state index contributed by atoms with van der Waals surface area (Å²) >= 11 is 0. The summed E-state index contributed by atoms with van der Waals surface area (Å²) in [5.41, 5.74) is 4.84.